The molecule has 1 aromatic carbocycles. The van der Waals surface area contributed by atoms with Crippen LogP contribution in [0.1, 0.15) is 15.9 Å². The van der Waals surface area contributed by atoms with E-state index in [0.717, 1.165) is 0 Å². The Labute approximate surface area is 108 Å². The normalized spacial score (nSPS) is 16.1. The number of carbonyl (C=O) groups is 1. The Kier molecular flexibility index (Phi) is 3.79. The third-order valence-corrected chi connectivity index (χ3v) is 3.21. The van der Waals surface area contributed by atoms with E-state index in [9.17, 15) is 9.18 Å². The molecule has 2 rings (SSSR count). The zero-order valence-corrected chi connectivity index (χ0v) is 11.1. The van der Waals surface area contributed by atoms with Gasteiger partial charge < -0.3 is 9.64 Å². The first-order chi connectivity index (χ1) is 8.09. The van der Waals surface area contributed by atoms with Gasteiger partial charge in [-0.25, -0.2) is 4.39 Å². The van der Waals surface area contributed by atoms with Crippen molar-refractivity contribution in [3.05, 3.63) is 33.5 Å². The van der Waals surface area contributed by atoms with Crippen LogP contribution in [0.3, 0.4) is 0 Å². The molecule has 0 aliphatic carbocycles. The largest absolute Gasteiger partial charge is 0.378 e. The number of hydrogen-bond donors (Lipinski definition) is 0. The summed E-state index contributed by atoms with van der Waals surface area (Å²) in [5, 5.41) is 0. The zero-order valence-electron chi connectivity index (χ0n) is 9.50. The van der Waals surface area contributed by atoms with Crippen LogP contribution in [0.2, 0.25) is 0 Å². The fraction of sp³-hybridized carbons (Fsp3) is 0.417. The maximum atomic E-state index is 13.9. The molecule has 1 aliphatic heterocycles. The van der Waals surface area contributed by atoms with Crippen LogP contribution in [-0.2, 0) is 4.74 Å². The lowest BCUT2D eigenvalue weighted by Gasteiger charge is -2.27. The smallest absolute Gasteiger partial charge is 0.257 e. The molecule has 17 heavy (non-hydrogen) atoms. The van der Waals surface area contributed by atoms with Gasteiger partial charge >= 0.3 is 0 Å². The highest BCUT2D eigenvalue weighted by atomic mass is 79.9. The molecule has 5 heteroatoms. The van der Waals surface area contributed by atoms with Crippen LogP contribution in [-0.4, -0.2) is 37.1 Å². The van der Waals surface area contributed by atoms with Crippen molar-refractivity contribution >= 4 is 21.8 Å². The average Bonchev–Trinajstić information content (AvgIpc) is 2.34. The maximum Gasteiger partial charge on any atom is 0.257 e. The van der Waals surface area contributed by atoms with E-state index < -0.39 is 5.82 Å². The topological polar surface area (TPSA) is 29.5 Å². The molecule has 1 saturated heterocycles. The summed E-state index contributed by atoms with van der Waals surface area (Å²) in [6.45, 7) is 3.71. The van der Waals surface area contributed by atoms with Crippen LogP contribution >= 0.6 is 15.9 Å². The minimum absolute atomic E-state index is 0.124. The third-order valence-electron chi connectivity index (χ3n) is 2.75. The number of nitrogens with zero attached hydrogens (tertiary/aromatic N) is 1. The molecule has 0 atom stereocenters. The zero-order chi connectivity index (χ0) is 12.4. The average molecular weight is 302 g/mol. The van der Waals surface area contributed by atoms with E-state index in [2.05, 4.69) is 15.9 Å². The summed E-state index contributed by atoms with van der Waals surface area (Å²) >= 11 is 3.28. The van der Waals surface area contributed by atoms with Gasteiger partial charge in [-0.05, 0) is 24.6 Å². The van der Waals surface area contributed by atoms with E-state index >= 15 is 0 Å². The molecular weight excluding hydrogens is 289 g/mol. The molecule has 3 nitrogen and oxygen atoms in total. The monoisotopic (exact) mass is 301 g/mol. The predicted molar refractivity (Wildman–Crippen MR) is 65.6 cm³/mol. The van der Waals surface area contributed by atoms with Crippen LogP contribution in [0, 0.1) is 12.7 Å². The van der Waals surface area contributed by atoms with E-state index in [4.69, 9.17) is 4.74 Å². The summed E-state index contributed by atoms with van der Waals surface area (Å²) in [5.74, 6) is -0.708. The van der Waals surface area contributed by atoms with Crippen molar-refractivity contribution in [3.63, 3.8) is 0 Å². The molecule has 0 aromatic heterocycles. The lowest BCUT2D eigenvalue weighted by Crippen LogP contribution is -2.41. The molecule has 1 fully saturated rings. The van der Waals surface area contributed by atoms with E-state index in [1.54, 1.807) is 17.9 Å². The summed E-state index contributed by atoms with van der Waals surface area (Å²) in [5.41, 5.74) is 0.592. The van der Waals surface area contributed by atoms with Gasteiger partial charge in [0.25, 0.3) is 5.91 Å². The number of morpholine rings is 1. The summed E-state index contributed by atoms with van der Waals surface area (Å²) in [4.78, 5) is 13.8. The fourth-order valence-corrected chi connectivity index (χ4v) is 2.39. The summed E-state index contributed by atoms with van der Waals surface area (Å²) < 4.78 is 19.8. The molecule has 0 saturated carbocycles. The van der Waals surface area contributed by atoms with Crippen molar-refractivity contribution in [1.29, 1.82) is 0 Å². The Morgan fingerprint density at radius 3 is 2.71 bits per heavy atom. The number of hydrogen-bond acceptors (Lipinski definition) is 2. The third kappa shape index (κ3) is 2.66. The number of amides is 1. The van der Waals surface area contributed by atoms with Crippen LogP contribution in [0.5, 0.6) is 0 Å². The second-order valence-electron chi connectivity index (χ2n) is 3.99. The van der Waals surface area contributed by atoms with Gasteiger partial charge in [0.1, 0.15) is 5.82 Å². The minimum Gasteiger partial charge on any atom is -0.378 e. The number of halogens is 2. The van der Waals surface area contributed by atoms with Gasteiger partial charge in [-0.15, -0.1) is 0 Å². The molecule has 0 N–H and O–H groups in total. The highest BCUT2D eigenvalue weighted by molar-refractivity contribution is 9.10. The van der Waals surface area contributed by atoms with Gasteiger partial charge in [0.15, 0.2) is 0 Å². The molecule has 92 valence electrons. The Hall–Kier alpha value is -0.940. The van der Waals surface area contributed by atoms with Gasteiger partial charge in [0.2, 0.25) is 0 Å². The Morgan fingerprint density at radius 1 is 1.41 bits per heavy atom. The minimum atomic E-state index is -0.440. The Bertz CT molecular complexity index is 444. The first-order valence-electron chi connectivity index (χ1n) is 5.42. The second kappa shape index (κ2) is 5.14. The first-order valence-corrected chi connectivity index (χ1v) is 6.21. The van der Waals surface area contributed by atoms with Crippen molar-refractivity contribution < 1.29 is 13.9 Å². The Morgan fingerprint density at radius 2 is 2.06 bits per heavy atom. The molecule has 1 amide bonds. The number of carbonyl (C=O) groups excluding carboxylic acids is 1. The number of rotatable bonds is 1. The molecule has 0 bridgehead atoms. The summed E-state index contributed by atoms with van der Waals surface area (Å²) in [7, 11) is 0. The number of benzene rings is 1. The highest BCUT2D eigenvalue weighted by Gasteiger charge is 2.22. The van der Waals surface area contributed by atoms with Crippen molar-refractivity contribution in [3.8, 4) is 0 Å². The molecule has 1 heterocycles. The maximum absolute atomic E-state index is 13.9. The van der Waals surface area contributed by atoms with Crippen molar-refractivity contribution in [1.82, 2.24) is 4.90 Å². The summed E-state index contributed by atoms with van der Waals surface area (Å²) in [6, 6.07) is 3.19. The van der Waals surface area contributed by atoms with Gasteiger partial charge in [0.05, 0.1) is 18.8 Å². The Balaban J connectivity index is 2.29. The molecule has 1 aromatic rings. The van der Waals surface area contributed by atoms with E-state index in [1.807, 2.05) is 0 Å². The van der Waals surface area contributed by atoms with E-state index in [1.165, 1.54) is 6.07 Å². The van der Waals surface area contributed by atoms with E-state index in [0.29, 0.717) is 36.3 Å². The van der Waals surface area contributed by atoms with Gasteiger partial charge in [-0.3, -0.25) is 4.79 Å². The molecule has 1 aliphatic rings. The second-order valence-corrected chi connectivity index (χ2v) is 4.90. The van der Waals surface area contributed by atoms with Gasteiger partial charge in [0, 0.05) is 17.6 Å². The molecular formula is C12H13BrFNO2. The molecule has 0 unspecified atom stereocenters. The molecule has 0 radical (unpaired) electrons. The van der Waals surface area contributed by atoms with Crippen LogP contribution in [0.15, 0.2) is 16.6 Å². The highest BCUT2D eigenvalue weighted by Crippen LogP contribution is 2.21. The van der Waals surface area contributed by atoms with Gasteiger partial charge in [-0.2, -0.15) is 0 Å². The number of ether oxygens (including phenoxy) is 1. The molecule has 0 spiro atoms. The van der Waals surface area contributed by atoms with Crippen molar-refractivity contribution in [2.24, 2.45) is 0 Å². The number of aryl methyl sites for hydroxylation is 1. The van der Waals surface area contributed by atoms with Crippen molar-refractivity contribution in [2.45, 2.75) is 6.92 Å². The van der Waals surface area contributed by atoms with Crippen LogP contribution < -0.4 is 0 Å². The quantitative estimate of drug-likeness (QED) is 0.797. The summed E-state index contributed by atoms with van der Waals surface area (Å²) in [6.07, 6.45) is 0. The van der Waals surface area contributed by atoms with Gasteiger partial charge in [-0.1, -0.05) is 15.9 Å². The van der Waals surface area contributed by atoms with Crippen molar-refractivity contribution in [2.75, 3.05) is 26.3 Å². The lowest BCUT2D eigenvalue weighted by atomic mass is 10.1. The predicted octanol–water partition coefficient (Wildman–Crippen LogP) is 2.37. The standard InChI is InChI=1S/C12H13BrFNO2/c1-8-6-9(13)7-10(11(8)14)12(16)15-2-4-17-5-3-15/h6-7H,2-5H2,1H3. The SMILES string of the molecule is Cc1cc(Br)cc(C(=O)N2CCOCC2)c1F. The van der Waals surface area contributed by atoms with Crippen LogP contribution in [0.25, 0.3) is 0 Å². The van der Waals surface area contributed by atoms with Crippen LogP contribution in [0.4, 0.5) is 4.39 Å². The van der Waals surface area contributed by atoms with E-state index in [-0.39, 0.29) is 11.5 Å². The fourth-order valence-electron chi connectivity index (χ4n) is 1.82. The first kappa shape index (κ1) is 12.5. The lowest BCUT2D eigenvalue weighted by molar-refractivity contribution is 0.0299.